The number of nitrogens with two attached hydrogens (primary N) is 1. The summed E-state index contributed by atoms with van der Waals surface area (Å²) in [5, 5.41) is 0. The molecule has 4 aliphatic rings. The smallest absolute Gasteiger partial charge is 0.324 e. The number of piperazine rings is 2. The van der Waals surface area contributed by atoms with Crippen LogP contribution in [0.4, 0.5) is 42.9 Å². The van der Waals surface area contributed by atoms with Crippen molar-refractivity contribution in [2.75, 3.05) is 131 Å². The van der Waals surface area contributed by atoms with Gasteiger partial charge in [0.25, 0.3) is 0 Å². The topological polar surface area (TPSA) is 206 Å². The van der Waals surface area contributed by atoms with Crippen LogP contribution in [0, 0.1) is 11.6 Å². The Bertz CT molecular complexity index is 3090. The molecule has 4 amide bonds. The number of rotatable bonds is 18. The molecule has 0 unspecified atom stereocenters. The fourth-order valence-electron chi connectivity index (χ4n) is 9.96. The van der Waals surface area contributed by atoms with Crippen LogP contribution in [0.25, 0.3) is 0 Å². The van der Waals surface area contributed by atoms with Crippen molar-refractivity contribution >= 4 is 60.5 Å². The van der Waals surface area contributed by atoms with E-state index < -0.39 is 67.9 Å². The Morgan fingerprint density at radius 2 is 0.854 bits per heavy atom. The normalized spacial score (nSPS) is 18.0. The van der Waals surface area contributed by atoms with E-state index in [0.29, 0.717) is 11.4 Å². The first-order valence-electron chi connectivity index (χ1n) is 27.5. The Balaban J connectivity index is 0.000000239. The second kappa shape index (κ2) is 28.4. The van der Waals surface area contributed by atoms with E-state index in [1.54, 1.807) is 12.1 Å². The van der Waals surface area contributed by atoms with Crippen molar-refractivity contribution in [2.45, 2.75) is 59.0 Å². The molecular formula is C57H72F5N9O9S2. The summed E-state index contributed by atoms with van der Waals surface area (Å²) in [4.78, 5) is 77.8. The zero-order chi connectivity index (χ0) is 59.4. The number of hydrogen-bond acceptors (Lipinski definition) is 14. The number of sulfone groups is 2. The molecule has 8 rings (SSSR count). The lowest BCUT2D eigenvalue weighted by Gasteiger charge is -2.34. The van der Waals surface area contributed by atoms with Gasteiger partial charge >= 0.3 is 18.2 Å². The number of hydrogen-bond donors (Lipinski definition) is 1. The second-order valence-corrected chi connectivity index (χ2v) is 25.5. The highest BCUT2D eigenvalue weighted by Crippen LogP contribution is 2.27. The lowest BCUT2D eigenvalue weighted by atomic mass is 10.0. The van der Waals surface area contributed by atoms with E-state index in [0.717, 1.165) is 102 Å². The second-order valence-electron chi connectivity index (χ2n) is 20.9. The van der Waals surface area contributed by atoms with Crippen LogP contribution in [0.2, 0.25) is 0 Å². The van der Waals surface area contributed by atoms with Crippen molar-refractivity contribution in [3.05, 3.63) is 130 Å². The number of likely N-dealkylation sites (N-methyl/N-ethyl adjacent to an activating group) is 2. The van der Waals surface area contributed by atoms with E-state index in [9.17, 15) is 58.4 Å². The van der Waals surface area contributed by atoms with Crippen molar-refractivity contribution in [3.8, 4) is 0 Å². The molecule has 4 aromatic carbocycles. The molecule has 0 aromatic heterocycles. The molecule has 4 aliphatic heterocycles. The lowest BCUT2D eigenvalue weighted by Crippen LogP contribution is -2.49. The number of urea groups is 2. The van der Waals surface area contributed by atoms with Crippen LogP contribution >= 0.6 is 0 Å². The zero-order valence-corrected chi connectivity index (χ0v) is 47.9. The van der Waals surface area contributed by atoms with Crippen LogP contribution in [-0.4, -0.2) is 203 Å². The van der Waals surface area contributed by atoms with E-state index in [1.807, 2.05) is 36.4 Å². The summed E-state index contributed by atoms with van der Waals surface area (Å²) >= 11 is 0. The summed E-state index contributed by atoms with van der Waals surface area (Å²) in [6.45, 7) is 15.5. The number of carbonyl (C=O) groups excluding carboxylic acids is 5. The highest BCUT2D eigenvalue weighted by Gasteiger charge is 2.38. The van der Waals surface area contributed by atoms with Crippen molar-refractivity contribution in [1.82, 2.24) is 29.4 Å². The summed E-state index contributed by atoms with van der Waals surface area (Å²) in [7, 11) is -6.42. The highest BCUT2D eigenvalue weighted by atomic mass is 32.2. The summed E-state index contributed by atoms with van der Waals surface area (Å²) in [5.74, 6) is -5.23. The van der Waals surface area contributed by atoms with Crippen LogP contribution in [0.3, 0.4) is 0 Å². The molecule has 0 radical (unpaired) electrons. The van der Waals surface area contributed by atoms with Crippen LogP contribution in [0.1, 0.15) is 69.7 Å². The fourth-order valence-corrected chi connectivity index (χ4v) is 12.4. The largest absolute Gasteiger partial charge is 0.449 e. The van der Waals surface area contributed by atoms with Gasteiger partial charge in [0, 0.05) is 138 Å². The predicted molar refractivity (Wildman–Crippen MR) is 302 cm³/mol. The third-order valence-corrected chi connectivity index (χ3v) is 18.5. The number of amides is 4. The highest BCUT2D eigenvalue weighted by molar-refractivity contribution is 7.91. The van der Waals surface area contributed by atoms with Gasteiger partial charge in [-0.25, -0.2) is 35.2 Å². The first kappa shape index (κ1) is 63.4. The molecule has 4 heterocycles. The number of alkyl halides is 3. The molecule has 0 bridgehead atoms. The first-order chi connectivity index (χ1) is 38.9. The molecule has 82 heavy (non-hydrogen) atoms. The van der Waals surface area contributed by atoms with E-state index in [-0.39, 0.29) is 103 Å². The van der Waals surface area contributed by atoms with Gasteiger partial charge in [0.1, 0.15) is 11.6 Å². The van der Waals surface area contributed by atoms with Gasteiger partial charge in [-0.05, 0) is 60.6 Å². The average Bonchev–Trinajstić information content (AvgIpc) is 3.56. The molecule has 4 aromatic rings. The number of halogens is 5. The molecule has 0 saturated carbocycles. The molecule has 25 heteroatoms. The van der Waals surface area contributed by atoms with Gasteiger partial charge in [-0.3, -0.25) is 34.0 Å². The van der Waals surface area contributed by atoms with Crippen molar-refractivity contribution < 1.29 is 62.8 Å². The number of anilines is 2. The number of nitrogens with zero attached hydrogens (tertiary/aromatic N) is 8. The monoisotopic (exact) mass is 1190 g/mol. The lowest BCUT2D eigenvalue weighted by molar-refractivity contribution is -0.170. The van der Waals surface area contributed by atoms with Gasteiger partial charge in [0.15, 0.2) is 31.2 Å². The fraction of sp³-hybridized carbons (Fsp3) is 0.491. The Labute approximate surface area is 476 Å². The third kappa shape index (κ3) is 17.7. The standard InChI is InChI=1S/C30H36F4N4O5S.C27H36FN5O4S/c1-2-35-11-13-36(14-12-35)20-22-3-7-25(8-4-22)38(29(41)37-15-17-44(42,43)18-16-37)21-24-6-5-23(19-26(24)31)27(39)9-10-28(40)30(32,33)34;1-2-30-9-11-31(12-10-30)19-21-3-7-24(8-4-21)33(27(35)32-13-15-38(36,37)16-14-32)20-23-6-5-22(17-25(23)28)26(34)18-29/h3-8,19H,2,9-18,20-21H2,1H3;3-8,17H,2,9-16,18-20,29H2,1H3. The van der Waals surface area contributed by atoms with E-state index in [1.165, 1.54) is 43.9 Å². The Morgan fingerprint density at radius 3 is 1.18 bits per heavy atom. The summed E-state index contributed by atoms with van der Waals surface area (Å²) in [5.41, 5.74) is 8.88. The van der Waals surface area contributed by atoms with E-state index in [2.05, 4.69) is 33.4 Å². The Kier molecular flexibility index (Phi) is 21.9. The minimum Gasteiger partial charge on any atom is -0.324 e. The zero-order valence-electron chi connectivity index (χ0n) is 46.3. The van der Waals surface area contributed by atoms with Crippen LogP contribution < -0.4 is 15.5 Å². The number of ketones is 3. The predicted octanol–water partition coefficient (Wildman–Crippen LogP) is 5.88. The minimum absolute atomic E-state index is 0.00788. The van der Waals surface area contributed by atoms with Crippen molar-refractivity contribution in [3.63, 3.8) is 0 Å². The molecule has 0 spiro atoms. The SMILES string of the molecule is CCN1CCN(Cc2ccc(N(Cc3ccc(C(=O)CCC(=O)C(F)(F)F)cc3F)C(=O)N3CCS(=O)(=O)CC3)cc2)CC1.CCN1CCN(Cc2ccc(N(Cc3ccc(C(=O)CN)cc3F)C(=O)N3CCS(=O)(=O)CC3)cc2)CC1. The molecule has 2 N–H and O–H groups in total. The van der Waals surface area contributed by atoms with Gasteiger partial charge in [0.05, 0.1) is 42.6 Å². The van der Waals surface area contributed by atoms with Gasteiger partial charge < -0.3 is 25.3 Å². The molecule has 0 atom stereocenters. The molecule has 4 fully saturated rings. The van der Waals surface area contributed by atoms with Gasteiger partial charge in [-0.15, -0.1) is 0 Å². The summed E-state index contributed by atoms with van der Waals surface area (Å²) in [6, 6.07) is 21.6. The minimum atomic E-state index is -5.05. The van der Waals surface area contributed by atoms with Crippen molar-refractivity contribution in [2.24, 2.45) is 5.73 Å². The van der Waals surface area contributed by atoms with Crippen LogP contribution in [-0.2, 0) is 50.6 Å². The van der Waals surface area contributed by atoms with Gasteiger partial charge in [0.2, 0.25) is 5.78 Å². The molecule has 0 aliphatic carbocycles. The van der Waals surface area contributed by atoms with Gasteiger partial charge in [-0.2, -0.15) is 13.2 Å². The van der Waals surface area contributed by atoms with Crippen LogP contribution in [0.15, 0.2) is 84.9 Å². The van der Waals surface area contributed by atoms with E-state index >= 15 is 4.39 Å². The first-order valence-corrected chi connectivity index (χ1v) is 31.1. The Morgan fingerprint density at radius 1 is 0.500 bits per heavy atom. The number of carbonyl (C=O) groups is 5. The van der Waals surface area contributed by atoms with E-state index in [4.69, 9.17) is 5.73 Å². The number of Topliss-reactive ketones (excluding diaryl/α,β-unsaturated/α-hetero) is 3. The molecular weight excluding hydrogens is 1110 g/mol. The average molecular weight is 1190 g/mol. The maximum Gasteiger partial charge on any atom is 0.449 e. The molecule has 446 valence electrons. The van der Waals surface area contributed by atoms with Crippen LogP contribution in [0.5, 0.6) is 0 Å². The quantitative estimate of drug-likeness (QED) is 0.0914. The molecule has 4 saturated heterocycles. The van der Waals surface area contributed by atoms with Crippen molar-refractivity contribution in [1.29, 1.82) is 0 Å². The number of benzene rings is 4. The summed E-state index contributed by atoms with van der Waals surface area (Å²) < 4.78 is 115. The summed E-state index contributed by atoms with van der Waals surface area (Å²) in [6.07, 6.45) is -6.81. The van der Waals surface area contributed by atoms with Gasteiger partial charge in [-0.1, -0.05) is 62.4 Å². The third-order valence-electron chi connectivity index (χ3n) is 15.3. The molecule has 18 nitrogen and oxygen atoms in total. The maximum atomic E-state index is 15.2. The Hall–Kier alpha value is -6.22. The maximum absolute atomic E-state index is 15.2.